The number of rotatable bonds is 6. The molecule has 0 saturated carbocycles. The highest BCUT2D eigenvalue weighted by Crippen LogP contribution is 2.33. The maximum atomic E-state index is 11.7. The van der Waals surface area contributed by atoms with E-state index in [4.69, 9.17) is 13.9 Å². The molecule has 0 bridgehead atoms. The molecule has 0 atom stereocenters. The lowest BCUT2D eigenvalue weighted by Gasteiger charge is -1.98. The molecule has 138 valence electrons. The predicted molar refractivity (Wildman–Crippen MR) is 101 cm³/mol. The number of fused-ring (bicyclic) bond motifs is 2. The normalized spacial score (nSPS) is 11.2. The van der Waals surface area contributed by atoms with Gasteiger partial charge in [0.05, 0.1) is 20.1 Å². The molecule has 4 rings (SSSR count). The minimum atomic E-state index is -0.305. The second-order valence-electron chi connectivity index (χ2n) is 5.81. The number of hydrogen-bond donors (Lipinski definition) is 0. The van der Waals surface area contributed by atoms with Gasteiger partial charge in [0.2, 0.25) is 0 Å². The van der Waals surface area contributed by atoms with Gasteiger partial charge in [0.1, 0.15) is 22.7 Å². The highest BCUT2D eigenvalue weighted by Gasteiger charge is 2.20. The smallest absolute Gasteiger partial charge is 0.311 e. The van der Waals surface area contributed by atoms with Gasteiger partial charge in [-0.2, -0.15) is 0 Å². The minimum absolute atomic E-state index is 0.153. The summed E-state index contributed by atoms with van der Waals surface area (Å²) in [6.45, 7) is 2.10. The molecule has 3 heterocycles. The van der Waals surface area contributed by atoms with Crippen LogP contribution in [0.15, 0.2) is 34.9 Å². The van der Waals surface area contributed by atoms with Gasteiger partial charge < -0.3 is 13.9 Å². The lowest BCUT2D eigenvalue weighted by atomic mass is 10.2. The Labute approximate surface area is 158 Å². The van der Waals surface area contributed by atoms with E-state index in [1.54, 1.807) is 30.7 Å². The number of aromatic nitrogens is 2. The van der Waals surface area contributed by atoms with Gasteiger partial charge in [0, 0.05) is 22.5 Å². The summed E-state index contributed by atoms with van der Waals surface area (Å²) in [7, 11) is 1.59. The summed E-state index contributed by atoms with van der Waals surface area (Å²) in [4.78, 5) is 29.3. The number of imidazole rings is 1. The van der Waals surface area contributed by atoms with E-state index in [0.29, 0.717) is 40.0 Å². The first kappa shape index (κ1) is 17.3. The van der Waals surface area contributed by atoms with Crippen molar-refractivity contribution in [1.29, 1.82) is 0 Å². The molecule has 0 aliphatic carbocycles. The molecule has 0 fully saturated rings. The molecular weight excluding hydrogens is 368 g/mol. The minimum Gasteiger partial charge on any atom is -0.497 e. The summed E-state index contributed by atoms with van der Waals surface area (Å²) in [6.07, 6.45) is 2.63. The third-order valence-electron chi connectivity index (χ3n) is 4.11. The summed E-state index contributed by atoms with van der Waals surface area (Å²) >= 11 is 1.34. The van der Waals surface area contributed by atoms with Crippen LogP contribution in [0.5, 0.6) is 5.75 Å². The number of benzene rings is 1. The number of nitrogens with zero attached hydrogens (tertiary/aromatic N) is 2. The molecular formula is C19H16N2O5S. The van der Waals surface area contributed by atoms with Gasteiger partial charge in [-0.15, -0.1) is 11.3 Å². The van der Waals surface area contributed by atoms with Crippen LogP contribution in [-0.4, -0.2) is 35.4 Å². The van der Waals surface area contributed by atoms with Crippen molar-refractivity contribution in [1.82, 2.24) is 9.38 Å². The molecule has 0 amide bonds. The van der Waals surface area contributed by atoms with E-state index in [0.717, 1.165) is 16.5 Å². The van der Waals surface area contributed by atoms with Gasteiger partial charge in [-0.05, 0) is 25.1 Å². The number of esters is 1. The summed E-state index contributed by atoms with van der Waals surface area (Å²) in [5.74, 6) is 0.887. The first-order chi connectivity index (χ1) is 13.1. The largest absolute Gasteiger partial charge is 0.497 e. The molecule has 0 radical (unpaired) electrons. The van der Waals surface area contributed by atoms with Crippen molar-refractivity contribution in [2.75, 3.05) is 13.7 Å². The Hall–Kier alpha value is -3.13. The van der Waals surface area contributed by atoms with E-state index in [2.05, 4.69) is 4.98 Å². The monoisotopic (exact) mass is 384 g/mol. The molecule has 27 heavy (non-hydrogen) atoms. The SMILES string of the molecule is CCOC(=O)Cc1cn2c(C=O)c(-c3cc4ccc(OC)cc4o3)nc2s1. The average Bonchev–Trinajstić information content (AvgIpc) is 3.32. The zero-order chi connectivity index (χ0) is 19.0. The molecule has 0 N–H and O–H groups in total. The van der Waals surface area contributed by atoms with Crippen molar-refractivity contribution in [3.05, 3.63) is 41.0 Å². The van der Waals surface area contributed by atoms with Crippen molar-refractivity contribution >= 4 is 39.5 Å². The third-order valence-corrected chi connectivity index (χ3v) is 5.09. The standard InChI is InChI=1S/C19H16N2O5S/c1-3-25-17(23)8-13-9-21-14(10-22)18(20-19(21)27-13)16-6-11-4-5-12(24-2)7-15(11)26-16/h4-7,9-10H,3,8H2,1-2H3. The number of ether oxygens (including phenoxy) is 2. The number of furan rings is 1. The van der Waals surface area contributed by atoms with Gasteiger partial charge in [-0.1, -0.05) is 0 Å². The summed E-state index contributed by atoms with van der Waals surface area (Å²) < 4.78 is 17.7. The number of aldehydes is 1. The lowest BCUT2D eigenvalue weighted by molar-refractivity contribution is -0.142. The van der Waals surface area contributed by atoms with E-state index in [1.807, 2.05) is 18.2 Å². The van der Waals surface area contributed by atoms with E-state index in [-0.39, 0.29) is 12.4 Å². The summed E-state index contributed by atoms with van der Waals surface area (Å²) in [6, 6.07) is 7.36. The Morgan fingerprint density at radius 2 is 2.22 bits per heavy atom. The van der Waals surface area contributed by atoms with Gasteiger partial charge >= 0.3 is 5.97 Å². The molecule has 4 aromatic rings. The topological polar surface area (TPSA) is 83.0 Å². The first-order valence-corrected chi connectivity index (χ1v) is 9.14. The van der Waals surface area contributed by atoms with Crippen LogP contribution in [-0.2, 0) is 16.0 Å². The zero-order valence-corrected chi connectivity index (χ0v) is 15.5. The maximum Gasteiger partial charge on any atom is 0.311 e. The second kappa shape index (κ2) is 6.88. The van der Waals surface area contributed by atoms with Crippen molar-refractivity contribution in [3.8, 4) is 17.2 Å². The van der Waals surface area contributed by atoms with Gasteiger partial charge in [0.25, 0.3) is 0 Å². The number of carbonyl (C=O) groups is 2. The fourth-order valence-corrected chi connectivity index (χ4v) is 3.86. The zero-order valence-electron chi connectivity index (χ0n) is 14.7. The Kier molecular flexibility index (Phi) is 4.41. The van der Waals surface area contributed by atoms with Gasteiger partial charge in [0.15, 0.2) is 17.0 Å². The average molecular weight is 384 g/mol. The van der Waals surface area contributed by atoms with Crippen LogP contribution in [0.4, 0.5) is 0 Å². The lowest BCUT2D eigenvalue weighted by Crippen LogP contribution is -2.06. The number of thiazole rings is 1. The molecule has 7 nitrogen and oxygen atoms in total. The van der Waals surface area contributed by atoms with Crippen LogP contribution in [0.25, 0.3) is 27.4 Å². The Bertz CT molecular complexity index is 1150. The molecule has 8 heteroatoms. The van der Waals surface area contributed by atoms with Crippen molar-refractivity contribution in [3.63, 3.8) is 0 Å². The molecule has 0 unspecified atom stereocenters. The number of carbonyl (C=O) groups excluding carboxylic acids is 2. The van der Waals surface area contributed by atoms with E-state index >= 15 is 0 Å². The van der Waals surface area contributed by atoms with Crippen LogP contribution in [0.1, 0.15) is 22.3 Å². The molecule has 0 spiro atoms. The molecule has 3 aromatic heterocycles. The van der Waals surface area contributed by atoms with E-state index < -0.39 is 0 Å². The van der Waals surface area contributed by atoms with Crippen LogP contribution in [0.2, 0.25) is 0 Å². The van der Waals surface area contributed by atoms with Crippen molar-refractivity contribution in [2.24, 2.45) is 0 Å². The van der Waals surface area contributed by atoms with Crippen LogP contribution in [0, 0.1) is 0 Å². The molecule has 0 aliphatic rings. The Morgan fingerprint density at radius 3 is 2.96 bits per heavy atom. The highest BCUT2D eigenvalue weighted by atomic mass is 32.1. The maximum absolute atomic E-state index is 11.7. The summed E-state index contributed by atoms with van der Waals surface area (Å²) in [5.41, 5.74) is 1.50. The summed E-state index contributed by atoms with van der Waals surface area (Å²) in [5, 5.41) is 0.891. The van der Waals surface area contributed by atoms with Crippen molar-refractivity contribution in [2.45, 2.75) is 13.3 Å². The molecule has 0 aliphatic heterocycles. The molecule has 0 saturated heterocycles. The fraction of sp³-hybridized carbons (Fsp3) is 0.211. The third kappa shape index (κ3) is 3.08. The quantitative estimate of drug-likeness (QED) is 0.372. The highest BCUT2D eigenvalue weighted by molar-refractivity contribution is 7.17. The Balaban J connectivity index is 1.74. The predicted octanol–water partition coefficient (Wildman–Crippen LogP) is 3.74. The van der Waals surface area contributed by atoms with Crippen LogP contribution >= 0.6 is 11.3 Å². The van der Waals surface area contributed by atoms with E-state index in [9.17, 15) is 9.59 Å². The fourth-order valence-electron chi connectivity index (χ4n) is 2.89. The van der Waals surface area contributed by atoms with Gasteiger partial charge in [-0.25, -0.2) is 4.98 Å². The van der Waals surface area contributed by atoms with E-state index in [1.165, 1.54) is 11.3 Å². The van der Waals surface area contributed by atoms with Gasteiger partial charge in [-0.3, -0.25) is 14.0 Å². The second-order valence-corrected chi connectivity index (χ2v) is 6.90. The van der Waals surface area contributed by atoms with Crippen LogP contribution < -0.4 is 4.74 Å². The molecule has 1 aromatic carbocycles. The Morgan fingerprint density at radius 1 is 1.37 bits per heavy atom. The number of methoxy groups -OCH3 is 1. The first-order valence-electron chi connectivity index (χ1n) is 8.32. The van der Waals surface area contributed by atoms with Crippen molar-refractivity contribution < 1.29 is 23.5 Å². The number of hydrogen-bond acceptors (Lipinski definition) is 7. The van der Waals surface area contributed by atoms with Crippen LogP contribution in [0.3, 0.4) is 0 Å².